The molecular weight excluding hydrogens is 1470 g/mol. The molecule has 0 saturated carbocycles. The molecule has 12 heteroatoms. The first-order chi connectivity index (χ1) is 59.4. The van der Waals surface area contributed by atoms with E-state index in [0.29, 0.717) is 0 Å². The predicted molar refractivity (Wildman–Crippen MR) is 484 cm³/mol. The number of nitrogens with zero attached hydrogens (tertiary/aromatic N) is 12. The third kappa shape index (κ3) is 16.8. The van der Waals surface area contributed by atoms with E-state index in [1.165, 1.54) is 0 Å². The van der Waals surface area contributed by atoms with Gasteiger partial charge in [0.2, 0.25) is 0 Å². The standard InChI is InChI=1S/2C54H36N6/c1-4-28-55-49(19-1)52-25-10-22-46(58-52)40-16-7-13-37(31-40)43-34-44(38-14-8-17-41(32-38)47-23-11-26-53(59-47)50-20-2-5-29-56-50)36-45(35-43)39-15-9-18-42(33-39)48-24-12-27-54(60-48)51-21-3-6-30-57-51;1-4-22-58-52(7-1)49-28-46(31-55-34-49)40-16-10-37(11-17-40)43-25-44(38-12-18-41(19-13-38)47-29-50(35-56-32-47)53-8-2-5-23-59-53)27-45(26-43)39-14-20-42(21-15-39)48-30-51(36-57-33-48)54-9-3-6-24-60-54/h2*1-36H. The van der Waals surface area contributed by atoms with Crippen LogP contribution < -0.4 is 0 Å². The van der Waals surface area contributed by atoms with Crippen molar-refractivity contribution in [1.82, 2.24) is 59.8 Å². The van der Waals surface area contributed by atoms with Crippen molar-refractivity contribution in [1.29, 1.82) is 0 Å². The number of aromatic nitrogens is 12. The Balaban J connectivity index is 0.000000159. The van der Waals surface area contributed by atoms with Gasteiger partial charge in [-0.05, 0) is 265 Å². The molecule has 8 aromatic carbocycles. The van der Waals surface area contributed by atoms with Crippen LogP contribution in [-0.4, -0.2) is 59.8 Å². The lowest BCUT2D eigenvalue weighted by atomic mass is 9.91. The summed E-state index contributed by atoms with van der Waals surface area (Å²) in [6.45, 7) is 0. The lowest BCUT2D eigenvalue weighted by Crippen LogP contribution is -1.92. The Labute approximate surface area is 695 Å². The zero-order chi connectivity index (χ0) is 80.2. The van der Waals surface area contributed by atoms with Gasteiger partial charge in [-0.1, -0.05) is 182 Å². The highest BCUT2D eigenvalue weighted by molar-refractivity contribution is 5.88. The molecule has 0 spiro atoms. The molecule has 0 atom stereocenters. The zero-order valence-corrected chi connectivity index (χ0v) is 64.9. The van der Waals surface area contributed by atoms with Gasteiger partial charge in [0.15, 0.2) is 0 Å². The summed E-state index contributed by atoms with van der Waals surface area (Å²) in [6.07, 6.45) is 22.1. The summed E-state index contributed by atoms with van der Waals surface area (Å²) in [7, 11) is 0. The van der Waals surface area contributed by atoms with Crippen LogP contribution in [-0.2, 0) is 0 Å². The second-order valence-corrected chi connectivity index (χ2v) is 29.0. The monoisotopic (exact) mass is 1540 g/mol. The first-order valence-corrected chi connectivity index (χ1v) is 39.6. The summed E-state index contributed by atoms with van der Waals surface area (Å²) >= 11 is 0. The largest absolute Gasteiger partial charge is 0.263 e. The van der Waals surface area contributed by atoms with Gasteiger partial charge in [-0.2, -0.15) is 0 Å². The van der Waals surface area contributed by atoms with Crippen LogP contribution in [0.5, 0.6) is 0 Å². The molecule has 0 bridgehead atoms. The van der Waals surface area contributed by atoms with E-state index in [-0.39, 0.29) is 0 Å². The Morgan fingerprint density at radius 1 is 0.108 bits per heavy atom. The minimum atomic E-state index is 0.836. The topological polar surface area (TPSA) is 155 Å². The van der Waals surface area contributed by atoms with Gasteiger partial charge in [0.1, 0.15) is 0 Å². The van der Waals surface area contributed by atoms with Gasteiger partial charge in [-0.3, -0.25) is 44.9 Å². The molecule has 0 aliphatic carbocycles. The molecular formula is C108H72N12. The van der Waals surface area contributed by atoms with Crippen molar-refractivity contribution >= 4 is 0 Å². The molecule has 0 saturated heterocycles. The Morgan fingerprint density at radius 2 is 0.292 bits per heavy atom. The summed E-state index contributed by atoms with van der Waals surface area (Å²) in [5, 5.41) is 0. The summed E-state index contributed by atoms with van der Waals surface area (Å²) < 4.78 is 0. The van der Waals surface area contributed by atoms with Gasteiger partial charge in [0, 0.05) is 124 Å². The van der Waals surface area contributed by atoms with Crippen LogP contribution in [0.3, 0.4) is 0 Å². The van der Waals surface area contributed by atoms with Gasteiger partial charge >= 0.3 is 0 Å². The first kappa shape index (κ1) is 73.7. The molecule has 12 aromatic heterocycles. The predicted octanol–water partition coefficient (Wildman–Crippen LogP) is 26.1. The van der Waals surface area contributed by atoms with Gasteiger partial charge in [0.25, 0.3) is 0 Å². The highest BCUT2D eigenvalue weighted by atomic mass is 14.8. The Kier molecular flexibility index (Phi) is 21.1. The fourth-order valence-corrected chi connectivity index (χ4v) is 15.0. The lowest BCUT2D eigenvalue weighted by Gasteiger charge is -2.14. The van der Waals surface area contributed by atoms with Crippen LogP contribution in [0.25, 0.3) is 202 Å². The molecule has 20 rings (SSSR count). The summed E-state index contributed by atoms with van der Waals surface area (Å²) in [5.74, 6) is 0. The van der Waals surface area contributed by atoms with Crippen LogP contribution in [0.4, 0.5) is 0 Å². The molecule has 0 aliphatic rings. The van der Waals surface area contributed by atoms with Crippen LogP contribution in [0, 0.1) is 0 Å². The lowest BCUT2D eigenvalue weighted by molar-refractivity contribution is 1.25. The molecule has 564 valence electrons. The first-order valence-electron chi connectivity index (χ1n) is 39.6. The van der Waals surface area contributed by atoms with Crippen molar-refractivity contribution in [2.45, 2.75) is 0 Å². The molecule has 12 nitrogen and oxygen atoms in total. The van der Waals surface area contributed by atoms with E-state index in [1.54, 1.807) is 18.6 Å². The summed E-state index contributed by atoms with van der Waals surface area (Å²) in [4.78, 5) is 55.9. The SMILES string of the molecule is c1ccc(-c2cccc(-c3cccc(-c4cc(-c5cccc(-c6cccc(-c7ccccn7)n6)c5)cc(-c5cccc(-c6cccc(-c7ccccn7)n6)c5)c4)c3)n2)nc1.c1ccc(-c2cncc(-c3ccc(-c4cc(-c5ccc(-c6cncc(-c7ccccn7)c6)cc5)cc(-c5ccc(-c6cncc(-c7ccccn7)c6)cc5)c4)cc3)c2)nc1. The van der Waals surface area contributed by atoms with E-state index in [4.69, 9.17) is 15.0 Å². The van der Waals surface area contributed by atoms with Crippen molar-refractivity contribution in [3.63, 3.8) is 0 Å². The molecule has 12 heterocycles. The van der Waals surface area contributed by atoms with Crippen LogP contribution in [0.2, 0.25) is 0 Å². The maximum absolute atomic E-state index is 5.02. The molecule has 0 amide bonds. The molecule has 0 unspecified atom stereocenters. The molecule has 0 radical (unpaired) electrons. The molecule has 0 N–H and O–H groups in total. The van der Waals surface area contributed by atoms with Gasteiger partial charge in [-0.15, -0.1) is 0 Å². The average Bonchev–Trinajstić information content (AvgIpc) is 0.792. The number of hydrogen-bond donors (Lipinski definition) is 0. The van der Waals surface area contributed by atoms with Gasteiger partial charge in [-0.25, -0.2) is 15.0 Å². The zero-order valence-electron chi connectivity index (χ0n) is 64.9. The normalized spacial score (nSPS) is 11.0. The second kappa shape index (κ2) is 34.3. The van der Waals surface area contributed by atoms with Gasteiger partial charge in [0.05, 0.1) is 68.3 Å². The second-order valence-electron chi connectivity index (χ2n) is 29.0. The van der Waals surface area contributed by atoms with Gasteiger partial charge < -0.3 is 0 Å². The Morgan fingerprint density at radius 3 is 0.542 bits per heavy atom. The molecule has 0 aliphatic heterocycles. The van der Waals surface area contributed by atoms with Crippen LogP contribution >= 0.6 is 0 Å². The maximum Gasteiger partial charge on any atom is 0.0893 e. The van der Waals surface area contributed by atoms with Crippen LogP contribution in [0.1, 0.15) is 0 Å². The van der Waals surface area contributed by atoms with E-state index in [9.17, 15) is 0 Å². The van der Waals surface area contributed by atoms with E-state index >= 15 is 0 Å². The summed E-state index contributed by atoms with van der Waals surface area (Å²) in [6, 6.07) is 126. The van der Waals surface area contributed by atoms with Crippen molar-refractivity contribution in [2.75, 3.05) is 0 Å². The van der Waals surface area contributed by atoms with E-state index in [1.807, 2.05) is 201 Å². The minimum absolute atomic E-state index is 0.836. The van der Waals surface area contributed by atoms with Crippen molar-refractivity contribution in [3.05, 3.63) is 438 Å². The molecule has 120 heavy (non-hydrogen) atoms. The third-order valence-corrected chi connectivity index (χ3v) is 21.1. The van der Waals surface area contributed by atoms with Crippen LogP contribution in [0.15, 0.2) is 438 Å². The Hall–Kier alpha value is -16.4. The Bertz CT molecular complexity index is 6290. The maximum atomic E-state index is 5.02. The number of benzene rings is 8. The van der Waals surface area contributed by atoms with Crippen molar-refractivity contribution < 1.29 is 0 Å². The smallest absolute Gasteiger partial charge is 0.0893 e. The summed E-state index contributed by atoms with van der Waals surface area (Å²) in [5.41, 5.74) is 36.1. The number of rotatable bonds is 18. The fourth-order valence-electron chi connectivity index (χ4n) is 15.0. The highest BCUT2D eigenvalue weighted by Gasteiger charge is 2.17. The number of hydrogen-bond acceptors (Lipinski definition) is 12. The minimum Gasteiger partial charge on any atom is -0.263 e. The number of pyridine rings is 12. The van der Waals surface area contributed by atoms with Crippen molar-refractivity contribution in [3.8, 4) is 202 Å². The third-order valence-electron chi connectivity index (χ3n) is 21.1. The van der Waals surface area contributed by atoms with Crippen molar-refractivity contribution in [2.24, 2.45) is 0 Å². The van der Waals surface area contributed by atoms with E-state index in [2.05, 4.69) is 263 Å². The quantitative estimate of drug-likeness (QED) is 0.0803. The van der Waals surface area contributed by atoms with E-state index < -0.39 is 0 Å². The fraction of sp³-hybridized carbons (Fsp3) is 0. The molecule has 20 aromatic rings. The molecule has 0 fully saturated rings. The average molecular weight is 1540 g/mol. The highest BCUT2D eigenvalue weighted by Crippen LogP contribution is 2.41. The van der Waals surface area contributed by atoms with E-state index in [0.717, 1.165) is 202 Å².